The first kappa shape index (κ1) is 14.0. The van der Waals surface area contributed by atoms with Crippen LogP contribution in [0.5, 0.6) is 0 Å². The Morgan fingerprint density at radius 1 is 1.37 bits per heavy atom. The van der Waals surface area contributed by atoms with Crippen LogP contribution in [0.25, 0.3) is 0 Å². The van der Waals surface area contributed by atoms with Gasteiger partial charge in [-0.1, -0.05) is 18.2 Å². The molecule has 0 fully saturated rings. The Morgan fingerprint density at radius 2 is 2.05 bits per heavy atom. The van der Waals surface area contributed by atoms with Crippen LogP contribution in [-0.4, -0.2) is 28.6 Å². The third-order valence-electron chi connectivity index (χ3n) is 2.75. The number of rotatable bonds is 3. The van der Waals surface area contributed by atoms with E-state index in [0.717, 1.165) is 5.41 Å². The smallest absolute Gasteiger partial charge is 0.243 e. The fourth-order valence-corrected chi connectivity index (χ4v) is 4.84. The molecule has 19 heavy (non-hydrogen) atoms. The summed E-state index contributed by atoms with van der Waals surface area (Å²) in [4.78, 5) is -0.00676. The lowest BCUT2D eigenvalue weighted by Crippen LogP contribution is -2.36. The largest absolute Gasteiger partial charge is 0.398 e. The van der Waals surface area contributed by atoms with Crippen molar-refractivity contribution in [2.75, 3.05) is 11.5 Å². The average Bonchev–Trinajstić information content (AvgIpc) is 2.56. The minimum absolute atomic E-state index is 0.00676. The van der Waals surface area contributed by atoms with E-state index in [1.807, 2.05) is 0 Å². The Hall–Kier alpha value is -1.38. The summed E-state index contributed by atoms with van der Waals surface area (Å²) in [5.74, 6) is -0.266. The van der Waals surface area contributed by atoms with Crippen molar-refractivity contribution in [1.29, 1.82) is 0 Å². The summed E-state index contributed by atoms with van der Waals surface area (Å²) in [5, 5.41) is 1.02. The van der Waals surface area contributed by atoms with Gasteiger partial charge in [-0.3, -0.25) is 0 Å². The molecule has 1 aliphatic heterocycles. The lowest BCUT2D eigenvalue weighted by atomic mass is 10.2. The molecule has 1 aromatic rings. The lowest BCUT2D eigenvalue weighted by Gasteiger charge is -2.14. The minimum atomic E-state index is -3.85. The molecule has 1 heterocycles. The molecule has 0 bridgehead atoms. The Balaban J connectivity index is 2.33. The third kappa shape index (κ3) is 2.96. The molecule has 1 aliphatic rings. The number of anilines is 1. The first-order valence-corrected chi connectivity index (χ1v) is 8.69. The SMILES string of the molecule is Cc1cccc(N)c1S(=O)(=O)NC1C=CS(=O)(=O)C1. The molecule has 104 valence electrons. The van der Waals surface area contributed by atoms with Gasteiger partial charge in [0.2, 0.25) is 10.0 Å². The van der Waals surface area contributed by atoms with E-state index in [1.54, 1.807) is 19.1 Å². The fraction of sp³-hybridized carbons (Fsp3) is 0.273. The number of nitrogens with one attached hydrogen (secondary N) is 1. The normalized spacial score (nSPS) is 21.6. The van der Waals surface area contributed by atoms with E-state index in [-0.39, 0.29) is 16.3 Å². The van der Waals surface area contributed by atoms with Crippen molar-refractivity contribution in [3.05, 3.63) is 35.2 Å². The molecule has 1 unspecified atom stereocenters. The van der Waals surface area contributed by atoms with Crippen LogP contribution < -0.4 is 10.5 Å². The number of sulfonamides is 1. The summed E-state index contributed by atoms with van der Waals surface area (Å²) in [7, 11) is -7.15. The molecule has 0 aliphatic carbocycles. The molecule has 0 amide bonds. The Bertz CT molecular complexity index is 716. The highest BCUT2D eigenvalue weighted by atomic mass is 32.2. The van der Waals surface area contributed by atoms with Gasteiger partial charge < -0.3 is 5.73 Å². The van der Waals surface area contributed by atoms with Gasteiger partial charge in [-0.05, 0) is 18.6 Å². The number of hydrogen-bond acceptors (Lipinski definition) is 5. The van der Waals surface area contributed by atoms with Crippen LogP contribution in [0.1, 0.15) is 5.56 Å². The quantitative estimate of drug-likeness (QED) is 0.774. The molecule has 0 saturated heterocycles. The molecule has 0 spiro atoms. The molecule has 0 saturated carbocycles. The first-order valence-electron chi connectivity index (χ1n) is 5.50. The Kier molecular flexibility index (Phi) is 3.41. The summed E-state index contributed by atoms with van der Waals surface area (Å²) < 4.78 is 49.3. The van der Waals surface area contributed by atoms with Crippen LogP contribution in [0, 0.1) is 6.92 Å². The zero-order chi connectivity index (χ0) is 14.3. The van der Waals surface area contributed by atoms with Crippen molar-refractivity contribution < 1.29 is 16.8 Å². The van der Waals surface area contributed by atoms with Crippen LogP contribution in [0.15, 0.2) is 34.6 Å². The van der Waals surface area contributed by atoms with Crippen LogP contribution in [0.2, 0.25) is 0 Å². The maximum Gasteiger partial charge on any atom is 0.243 e. The van der Waals surface area contributed by atoms with E-state index >= 15 is 0 Å². The zero-order valence-electron chi connectivity index (χ0n) is 10.2. The van der Waals surface area contributed by atoms with Gasteiger partial charge in [-0.15, -0.1) is 0 Å². The fourth-order valence-electron chi connectivity index (χ4n) is 1.95. The Morgan fingerprint density at radius 3 is 2.58 bits per heavy atom. The number of aryl methyl sites for hydroxylation is 1. The van der Waals surface area contributed by atoms with Crippen LogP contribution in [0.4, 0.5) is 5.69 Å². The predicted octanol–water partition coefficient (Wildman–Crippen LogP) is 0.166. The summed E-state index contributed by atoms with van der Waals surface area (Å²) in [6.07, 6.45) is 1.32. The van der Waals surface area contributed by atoms with E-state index in [2.05, 4.69) is 4.72 Å². The van der Waals surface area contributed by atoms with Gasteiger partial charge in [0.05, 0.1) is 17.5 Å². The highest BCUT2D eigenvalue weighted by molar-refractivity contribution is 7.94. The molecular formula is C11H14N2O4S2. The van der Waals surface area contributed by atoms with Crippen LogP contribution in [0.3, 0.4) is 0 Å². The van der Waals surface area contributed by atoms with E-state index in [9.17, 15) is 16.8 Å². The lowest BCUT2D eigenvalue weighted by molar-refractivity contribution is 0.574. The van der Waals surface area contributed by atoms with Gasteiger partial charge in [-0.25, -0.2) is 21.6 Å². The highest BCUT2D eigenvalue weighted by Crippen LogP contribution is 2.23. The van der Waals surface area contributed by atoms with Crippen molar-refractivity contribution in [2.45, 2.75) is 17.9 Å². The maximum atomic E-state index is 12.2. The molecular weight excluding hydrogens is 288 g/mol. The van der Waals surface area contributed by atoms with Crippen molar-refractivity contribution >= 4 is 25.5 Å². The second-order valence-electron chi connectivity index (χ2n) is 4.38. The summed E-state index contributed by atoms with van der Waals surface area (Å²) in [6, 6.07) is 4.02. The van der Waals surface area contributed by atoms with E-state index < -0.39 is 25.9 Å². The highest BCUT2D eigenvalue weighted by Gasteiger charge is 2.28. The van der Waals surface area contributed by atoms with Gasteiger partial charge in [0.1, 0.15) is 4.90 Å². The predicted molar refractivity (Wildman–Crippen MR) is 72.6 cm³/mol. The first-order chi connectivity index (χ1) is 8.71. The maximum absolute atomic E-state index is 12.2. The summed E-state index contributed by atoms with van der Waals surface area (Å²) in [6.45, 7) is 1.63. The van der Waals surface area contributed by atoms with Crippen LogP contribution >= 0.6 is 0 Å². The third-order valence-corrected chi connectivity index (χ3v) is 5.85. The van der Waals surface area contributed by atoms with E-state index in [1.165, 1.54) is 12.1 Å². The van der Waals surface area contributed by atoms with Crippen molar-refractivity contribution in [3.8, 4) is 0 Å². The monoisotopic (exact) mass is 302 g/mol. The van der Waals surface area contributed by atoms with E-state index in [0.29, 0.717) is 5.56 Å². The summed E-state index contributed by atoms with van der Waals surface area (Å²) >= 11 is 0. The standard InChI is InChI=1S/C11H14N2O4S2/c1-8-3-2-4-10(12)11(8)19(16,17)13-9-5-6-18(14,15)7-9/h2-6,9,13H,7,12H2,1H3. The summed E-state index contributed by atoms with van der Waals surface area (Å²) in [5.41, 5.74) is 6.33. The molecule has 0 radical (unpaired) electrons. The number of nitrogens with two attached hydrogens (primary N) is 1. The van der Waals surface area contributed by atoms with Gasteiger partial charge in [0.25, 0.3) is 0 Å². The number of benzene rings is 1. The van der Waals surface area contributed by atoms with Gasteiger partial charge >= 0.3 is 0 Å². The molecule has 1 atom stereocenters. The second-order valence-corrected chi connectivity index (χ2v) is 7.96. The van der Waals surface area contributed by atoms with E-state index in [4.69, 9.17) is 5.73 Å². The van der Waals surface area contributed by atoms with Crippen molar-refractivity contribution in [1.82, 2.24) is 4.72 Å². The van der Waals surface area contributed by atoms with Crippen molar-refractivity contribution in [3.63, 3.8) is 0 Å². The minimum Gasteiger partial charge on any atom is -0.398 e. The molecule has 6 nitrogen and oxygen atoms in total. The number of sulfone groups is 1. The average molecular weight is 302 g/mol. The number of hydrogen-bond donors (Lipinski definition) is 2. The van der Waals surface area contributed by atoms with Gasteiger partial charge in [-0.2, -0.15) is 0 Å². The second kappa shape index (κ2) is 4.62. The Labute approximate surface area is 112 Å². The molecule has 0 aromatic heterocycles. The van der Waals surface area contributed by atoms with Crippen molar-refractivity contribution in [2.24, 2.45) is 0 Å². The molecule has 8 heteroatoms. The molecule has 1 aromatic carbocycles. The van der Waals surface area contributed by atoms with Crippen LogP contribution in [-0.2, 0) is 19.9 Å². The zero-order valence-corrected chi connectivity index (χ0v) is 11.8. The van der Waals surface area contributed by atoms with Gasteiger partial charge in [0.15, 0.2) is 9.84 Å². The molecule has 3 N–H and O–H groups in total. The number of nitrogen functional groups attached to an aromatic ring is 1. The van der Waals surface area contributed by atoms with Gasteiger partial charge in [0, 0.05) is 5.41 Å². The topological polar surface area (TPSA) is 106 Å². The molecule has 2 rings (SSSR count).